The molecule has 2 heterocycles. The average Bonchev–Trinajstić information content (AvgIpc) is 3.93. The number of nitrogens with zero attached hydrogens (tertiary/aromatic N) is 1. The summed E-state index contributed by atoms with van der Waals surface area (Å²) in [6.07, 6.45) is 0. The van der Waals surface area contributed by atoms with E-state index in [1.54, 1.807) is 0 Å². The molecular formula is C57H39NO2. The zero-order chi connectivity index (χ0) is 40.0. The molecule has 0 N–H and O–H groups in total. The summed E-state index contributed by atoms with van der Waals surface area (Å²) in [6, 6.07) is 71.8. The van der Waals surface area contributed by atoms with Gasteiger partial charge in [-0.05, 0) is 122 Å². The first-order valence-electron chi connectivity index (χ1n) is 20.6. The molecule has 3 nitrogen and oxygen atoms in total. The van der Waals surface area contributed by atoms with Crippen molar-refractivity contribution in [2.45, 2.75) is 19.3 Å². The zero-order valence-corrected chi connectivity index (χ0v) is 33.3. The van der Waals surface area contributed by atoms with Gasteiger partial charge in [0.25, 0.3) is 0 Å². The highest BCUT2D eigenvalue weighted by Gasteiger charge is 2.36. The van der Waals surface area contributed by atoms with Gasteiger partial charge < -0.3 is 13.7 Å². The van der Waals surface area contributed by atoms with E-state index < -0.39 is 0 Å². The van der Waals surface area contributed by atoms with Crippen molar-refractivity contribution in [3.8, 4) is 44.5 Å². The molecule has 2 aromatic heterocycles. The maximum Gasteiger partial charge on any atom is 0.137 e. The van der Waals surface area contributed by atoms with E-state index >= 15 is 0 Å². The Labute approximate surface area is 348 Å². The molecule has 0 fully saturated rings. The molecule has 60 heavy (non-hydrogen) atoms. The maximum atomic E-state index is 6.69. The van der Waals surface area contributed by atoms with E-state index in [-0.39, 0.29) is 5.41 Å². The summed E-state index contributed by atoms with van der Waals surface area (Å²) < 4.78 is 13.4. The quantitative estimate of drug-likeness (QED) is 0.169. The van der Waals surface area contributed by atoms with E-state index in [0.717, 1.165) is 72.1 Å². The normalized spacial score (nSPS) is 13.0. The van der Waals surface area contributed by atoms with Crippen LogP contribution in [-0.4, -0.2) is 0 Å². The lowest BCUT2D eigenvalue weighted by molar-refractivity contribution is 0.660. The minimum Gasteiger partial charge on any atom is -0.456 e. The van der Waals surface area contributed by atoms with Gasteiger partial charge in [-0.1, -0.05) is 135 Å². The smallest absolute Gasteiger partial charge is 0.137 e. The Morgan fingerprint density at radius 3 is 1.15 bits per heavy atom. The fourth-order valence-corrected chi connectivity index (χ4v) is 9.55. The molecule has 0 aliphatic heterocycles. The molecule has 0 bridgehead atoms. The average molecular weight is 770 g/mol. The third kappa shape index (κ3) is 5.43. The van der Waals surface area contributed by atoms with Crippen LogP contribution in [0.25, 0.3) is 88.4 Å². The summed E-state index contributed by atoms with van der Waals surface area (Å²) in [5.41, 5.74) is 18.6. The Morgan fingerprint density at radius 2 is 0.667 bits per heavy atom. The van der Waals surface area contributed by atoms with E-state index in [0.29, 0.717) is 0 Å². The molecule has 11 aromatic rings. The second-order valence-electron chi connectivity index (χ2n) is 16.5. The molecule has 0 radical (unpaired) electrons. The monoisotopic (exact) mass is 769 g/mol. The highest BCUT2D eigenvalue weighted by Crippen LogP contribution is 2.52. The van der Waals surface area contributed by atoms with Crippen molar-refractivity contribution < 1.29 is 8.83 Å². The molecule has 1 aliphatic carbocycles. The minimum atomic E-state index is -0.213. The molecule has 12 rings (SSSR count). The van der Waals surface area contributed by atoms with Crippen LogP contribution in [0.5, 0.6) is 0 Å². The van der Waals surface area contributed by atoms with Gasteiger partial charge in [0.1, 0.15) is 22.3 Å². The van der Waals surface area contributed by atoms with E-state index in [1.165, 1.54) is 44.5 Å². The Hall–Kier alpha value is -7.62. The van der Waals surface area contributed by atoms with Crippen LogP contribution in [0.3, 0.4) is 0 Å². The summed E-state index contributed by atoms with van der Waals surface area (Å²) >= 11 is 0. The van der Waals surface area contributed by atoms with Crippen LogP contribution >= 0.6 is 0 Å². The van der Waals surface area contributed by atoms with Crippen molar-refractivity contribution in [1.29, 1.82) is 0 Å². The molecule has 3 heteroatoms. The molecule has 0 unspecified atom stereocenters. The van der Waals surface area contributed by atoms with Gasteiger partial charge in [0.2, 0.25) is 0 Å². The first kappa shape index (κ1) is 34.4. The largest absolute Gasteiger partial charge is 0.456 e. The predicted molar refractivity (Wildman–Crippen MR) is 250 cm³/mol. The van der Waals surface area contributed by atoms with E-state index in [9.17, 15) is 0 Å². The summed E-state index contributed by atoms with van der Waals surface area (Å²) in [7, 11) is 0. The van der Waals surface area contributed by atoms with Crippen LogP contribution in [0.15, 0.2) is 209 Å². The van der Waals surface area contributed by atoms with Gasteiger partial charge in [-0.25, -0.2) is 0 Å². The van der Waals surface area contributed by atoms with Crippen molar-refractivity contribution in [2.75, 3.05) is 4.90 Å². The molecule has 0 spiro atoms. The summed E-state index contributed by atoms with van der Waals surface area (Å²) in [5, 5.41) is 4.39. The first-order valence-corrected chi connectivity index (χ1v) is 20.6. The van der Waals surface area contributed by atoms with Gasteiger partial charge in [0.05, 0.1) is 0 Å². The molecule has 1 aliphatic rings. The van der Waals surface area contributed by atoms with E-state index in [2.05, 4.69) is 207 Å². The van der Waals surface area contributed by atoms with Gasteiger partial charge >= 0.3 is 0 Å². The minimum absolute atomic E-state index is 0.213. The number of furan rings is 2. The third-order valence-electron chi connectivity index (χ3n) is 12.7. The molecule has 284 valence electrons. The standard InChI is InChI=1S/C57H39NO2/c1-57(2)51-30-39(36-12-6-3-7-13-36)18-24-45(51)46-27-21-42(33-52(46)57)58(43-22-28-49-47-25-19-40(37-14-8-4-9-15-37)31-53(47)59-55(49)34-43)44-23-29-50-48-26-20-41(38-16-10-5-11-17-38)32-54(48)60-56(50)35-44/h3-35H,1-2H3. The van der Waals surface area contributed by atoms with Crippen molar-refractivity contribution in [1.82, 2.24) is 0 Å². The summed E-state index contributed by atoms with van der Waals surface area (Å²) in [4.78, 5) is 2.35. The molecular weight excluding hydrogens is 731 g/mol. The number of rotatable bonds is 6. The van der Waals surface area contributed by atoms with Crippen molar-refractivity contribution in [3.05, 3.63) is 211 Å². The summed E-state index contributed by atoms with van der Waals surface area (Å²) in [5.74, 6) is 0. The number of hydrogen-bond acceptors (Lipinski definition) is 3. The SMILES string of the molecule is CC1(C)c2cc(-c3ccccc3)ccc2-c2ccc(N(c3ccc4c(c3)oc3cc(-c5ccccc5)ccc34)c3ccc4c(c3)oc3cc(-c5ccccc5)ccc34)cc21. The third-order valence-corrected chi connectivity index (χ3v) is 12.7. The first-order chi connectivity index (χ1) is 29.5. The van der Waals surface area contributed by atoms with Gasteiger partial charge in [0.15, 0.2) is 0 Å². The van der Waals surface area contributed by atoms with Crippen LogP contribution in [0.4, 0.5) is 17.1 Å². The highest BCUT2D eigenvalue weighted by molar-refractivity contribution is 6.09. The number of anilines is 3. The number of hydrogen-bond donors (Lipinski definition) is 0. The second-order valence-corrected chi connectivity index (χ2v) is 16.5. The van der Waals surface area contributed by atoms with Gasteiger partial charge in [-0.3, -0.25) is 0 Å². The number of fused-ring (bicyclic) bond motifs is 9. The Bertz CT molecular complexity index is 3290. The lowest BCUT2D eigenvalue weighted by Crippen LogP contribution is -2.16. The molecule has 0 saturated carbocycles. The Kier molecular flexibility index (Phi) is 7.58. The lowest BCUT2D eigenvalue weighted by Gasteiger charge is -2.28. The molecule has 0 saturated heterocycles. The topological polar surface area (TPSA) is 29.5 Å². The number of benzene rings is 9. The highest BCUT2D eigenvalue weighted by atomic mass is 16.3. The fourth-order valence-electron chi connectivity index (χ4n) is 9.55. The fraction of sp³-hybridized carbons (Fsp3) is 0.0526. The van der Waals surface area contributed by atoms with E-state index in [4.69, 9.17) is 8.83 Å². The second kappa shape index (κ2) is 13.2. The van der Waals surface area contributed by atoms with E-state index in [1.807, 2.05) is 12.1 Å². The van der Waals surface area contributed by atoms with Gasteiger partial charge in [-0.2, -0.15) is 0 Å². The van der Waals surface area contributed by atoms with Gasteiger partial charge in [0, 0.05) is 56.2 Å². The van der Waals surface area contributed by atoms with Crippen molar-refractivity contribution in [2.24, 2.45) is 0 Å². The molecule has 0 amide bonds. The van der Waals surface area contributed by atoms with Crippen molar-refractivity contribution >= 4 is 60.9 Å². The zero-order valence-electron chi connectivity index (χ0n) is 33.3. The van der Waals surface area contributed by atoms with Gasteiger partial charge in [-0.15, -0.1) is 0 Å². The Balaban J connectivity index is 1.01. The lowest BCUT2D eigenvalue weighted by atomic mass is 9.81. The maximum absolute atomic E-state index is 6.69. The van der Waals surface area contributed by atoms with Crippen LogP contribution < -0.4 is 4.90 Å². The predicted octanol–water partition coefficient (Wildman–Crippen LogP) is 16.3. The molecule has 0 atom stereocenters. The van der Waals surface area contributed by atoms with Crippen LogP contribution in [0.2, 0.25) is 0 Å². The van der Waals surface area contributed by atoms with Crippen LogP contribution in [0, 0.1) is 0 Å². The Morgan fingerprint density at radius 1 is 0.317 bits per heavy atom. The van der Waals surface area contributed by atoms with Crippen molar-refractivity contribution in [3.63, 3.8) is 0 Å². The van der Waals surface area contributed by atoms with Crippen LogP contribution in [-0.2, 0) is 5.41 Å². The van der Waals surface area contributed by atoms with Crippen LogP contribution in [0.1, 0.15) is 25.0 Å². The summed E-state index contributed by atoms with van der Waals surface area (Å²) in [6.45, 7) is 4.71. The molecule has 9 aromatic carbocycles.